The summed E-state index contributed by atoms with van der Waals surface area (Å²) in [6.07, 6.45) is 2.97. The molecular formula is C30H32BClN2O5. The van der Waals surface area contributed by atoms with Gasteiger partial charge in [0.15, 0.2) is 0 Å². The van der Waals surface area contributed by atoms with Gasteiger partial charge in [0.25, 0.3) is 0 Å². The summed E-state index contributed by atoms with van der Waals surface area (Å²) in [4.78, 5) is 17.1. The van der Waals surface area contributed by atoms with Crippen LogP contribution in [0.25, 0.3) is 17.2 Å². The van der Waals surface area contributed by atoms with Gasteiger partial charge >= 0.3 is 13.2 Å². The third-order valence-corrected chi connectivity index (χ3v) is 7.98. The second-order valence-corrected chi connectivity index (χ2v) is 11.2. The van der Waals surface area contributed by atoms with E-state index in [2.05, 4.69) is 34.6 Å². The van der Waals surface area contributed by atoms with Gasteiger partial charge in [-0.2, -0.15) is 0 Å². The fraction of sp³-hybridized carbons (Fsp3) is 0.333. The van der Waals surface area contributed by atoms with Crippen LogP contribution in [0.1, 0.15) is 50.3 Å². The number of aromatic nitrogens is 1. The zero-order chi connectivity index (χ0) is 27.8. The van der Waals surface area contributed by atoms with E-state index in [4.69, 9.17) is 30.4 Å². The molecule has 0 spiro atoms. The second-order valence-electron chi connectivity index (χ2n) is 10.7. The van der Waals surface area contributed by atoms with Gasteiger partial charge in [0.1, 0.15) is 11.6 Å². The molecule has 9 heteroatoms. The summed E-state index contributed by atoms with van der Waals surface area (Å²) in [7, 11) is 0.836. The predicted octanol–water partition coefficient (Wildman–Crippen LogP) is 6.30. The van der Waals surface area contributed by atoms with E-state index in [-0.39, 0.29) is 19.1 Å². The Kier molecular flexibility index (Phi) is 7.46. The first-order valence-corrected chi connectivity index (χ1v) is 13.3. The van der Waals surface area contributed by atoms with Crippen LogP contribution in [0.4, 0.5) is 4.79 Å². The van der Waals surface area contributed by atoms with Crippen molar-refractivity contribution in [2.45, 2.75) is 44.8 Å². The molecule has 39 heavy (non-hydrogen) atoms. The Morgan fingerprint density at radius 3 is 2.21 bits per heavy atom. The number of carbonyl (C=O) groups excluding carboxylic acids is 1. The molecule has 2 aliphatic rings. The maximum Gasteiger partial charge on any atom is 0.492 e. The molecule has 1 fully saturated rings. The lowest BCUT2D eigenvalue weighted by atomic mass is 9.77. The van der Waals surface area contributed by atoms with Gasteiger partial charge in [0.2, 0.25) is 5.88 Å². The van der Waals surface area contributed by atoms with E-state index in [1.807, 2.05) is 58.0 Å². The molecule has 5 rings (SSSR count). The van der Waals surface area contributed by atoms with Crippen LogP contribution in [0.2, 0.25) is 5.02 Å². The highest BCUT2D eigenvalue weighted by molar-refractivity contribution is 6.56. The Balaban J connectivity index is 1.31. The van der Waals surface area contributed by atoms with E-state index in [0.717, 1.165) is 16.7 Å². The molecule has 0 radical (unpaired) electrons. The molecular weight excluding hydrogens is 515 g/mol. The van der Waals surface area contributed by atoms with Crippen molar-refractivity contribution in [1.82, 2.24) is 10.3 Å². The molecule has 7 nitrogen and oxygen atoms in total. The highest BCUT2D eigenvalue weighted by Crippen LogP contribution is 2.44. The van der Waals surface area contributed by atoms with E-state index in [1.165, 1.54) is 18.2 Å². The number of rotatable bonds is 7. The Morgan fingerprint density at radius 1 is 1.05 bits per heavy atom. The average Bonchev–Trinajstić information content (AvgIpc) is 3.34. The smallest absolute Gasteiger partial charge is 0.480 e. The summed E-state index contributed by atoms with van der Waals surface area (Å²) >= 11 is 6.30. The molecule has 2 aromatic carbocycles. The molecule has 0 atom stereocenters. The number of methoxy groups -OCH3 is 1. The number of hydrogen-bond donors (Lipinski definition) is 1. The maximum absolute atomic E-state index is 12.9. The van der Waals surface area contributed by atoms with Crippen molar-refractivity contribution in [3.05, 3.63) is 88.0 Å². The molecule has 1 N–H and O–H groups in total. The fourth-order valence-electron chi connectivity index (χ4n) is 4.90. The van der Waals surface area contributed by atoms with Crippen molar-refractivity contribution >= 4 is 30.9 Å². The van der Waals surface area contributed by atoms with Crippen LogP contribution in [-0.2, 0) is 14.0 Å². The molecule has 202 valence electrons. The van der Waals surface area contributed by atoms with E-state index >= 15 is 0 Å². The van der Waals surface area contributed by atoms with E-state index < -0.39 is 24.4 Å². The first-order chi connectivity index (χ1) is 18.6. The third kappa shape index (κ3) is 5.42. The van der Waals surface area contributed by atoms with Gasteiger partial charge in [-0.1, -0.05) is 66.2 Å². The minimum absolute atomic E-state index is 0.0197. The predicted molar refractivity (Wildman–Crippen MR) is 153 cm³/mol. The number of fused-ring (bicyclic) bond motifs is 3. The highest BCUT2D eigenvalue weighted by atomic mass is 35.5. The number of hydrogen-bond acceptors (Lipinski definition) is 6. The van der Waals surface area contributed by atoms with Gasteiger partial charge < -0.3 is 24.1 Å². The van der Waals surface area contributed by atoms with E-state index in [0.29, 0.717) is 16.4 Å². The van der Waals surface area contributed by atoms with Crippen molar-refractivity contribution in [2.75, 3.05) is 20.3 Å². The van der Waals surface area contributed by atoms with Gasteiger partial charge in [-0.15, -0.1) is 0 Å². The number of nitrogens with zero attached hydrogens (tertiary/aromatic N) is 1. The van der Waals surface area contributed by atoms with Crippen LogP contribution in [0.5, 0.6) is 5.88 Å². The van der Waals surface area contributed by atoms with Gasteiger partial charge in [-0.3, -0.25) is 0 Å². The summed E-state index contributed by atoms with van der Waals surface area (Å²) < 4.78 is 23.4. The SMILES string of the molecule is COc1ncc(C=C(CNC(=O)OCC2c3ccccc3-c3ccccc32)B2OC(C)(C)C(C)(C)O2)cc1Cl. The monoisotopic (exact) mass is 546 g/mol. The Bertz CT molecular complexity index is 1360. The lowest BCUT2D eigenvalue weighted by Gasteiger charge is -2.32. The molecule has 3 aromatic rings. The number of halogens is 1. The van der Waals surface area contributed by atoms with E-state index in [1.54, 1.807) is 12.3 Å². The number of amides is 1. The molecule has 0 saturated carbocycles. The molecule has 1 amide bonds. The normalized spacial score (nSPS) is 17.5. The lowest BCUT2D eigenvalue weighted by Crippen LogP contribution is -2.41. The lowest BCUT2D eigenvalue weighted by molar-refractivity contribution is 0.00578. The van der Waals surface area contributed by atoms with Crippen LogP contribution in [0.3, 0.4) is 0 Å². The standard InChI is InChI=1S/C30H32BClN2O5/c1-29(2)30(3,4)39-31(38-29)20(14-19-15-26(32)27(36-5)33-16-19)17-34-28(35)37-18-25-23-12-8-6-10-21(23)22-11-7-9-13-24(22)25/h6-16,25H,17-18H2,1-5H3,(H,34,35). The largest absolute Gasteiger partial charge is 0.492 e. The van der Waals surface area contributed by atoms with Gasteiger partial charge in [-0.05, 0) is 67.1 Å². The minimum Gasteiger partial charge on any atom is -0.480 e. The van der Waals surface area contributed by atoms with Crippen molar-refractivity contribution in [3.8, 4) is 17.0 Å². The summed E-state index contributed by atoms with van der Waals surface area (Å²) in [6, 6.07) is 18.2. The van der Waals surface area contributed by atoms with Gasteiger partial charge in [0, 0.05) is 18.7 Å². The molecule has 0 bridgehead atoms. The molecule has 1 aromatic heterocycles. The van der Waals surface area contributed by atoms with Crippen molar-refractivity contribution in [3.63, 3.8) is 0 Å². The Labute approximate surface area is 234 Å². The maximum atomic E-state index is 12.9. The minimum atomic E-state index is -0.676. The number of carbonyl (C=O) groups is 1. The number of benzene rings is 2. The summed E-state index contributed by atoms with van der Waals surface area (Å²) in [5.74, 6) is 0.316. The zero-order valence-electron chi connectivity index (χ0n) is 22.8. The second kappa shape index (κ2) is 10.7. The quantitative estimate of drug-likeness (QED) is 0.351. The highest BCUT2D eigenvalue weighted by Gasteiger charge is 2.52. The summed E-state index contributed by atoms with van der Waals surface area (Å²) in [6.45, 7) is 8.31. The Hall–Kier alpha value is -3.33. The third-order valence-electron chi connectivity index (χ3n) is 7.71. The van der Waals surface area contributed by atoms with Crippen molar-refractivity contribution in [1.29, 1.82) is 0 Å². The van der Waals surface area contributed by atoms with E-state index in [9.17, 15) is 4.79 Å². The average molecular weight is 547 g/mol. The topological polar surface area (TPSA) is 78.9 Å². The van der Waals surface area contributed by atoms with Crippen LogP contribution < -0.4 is 10.1 Å². The van der Waals surface area contributed by atoms with Crippen LogP contribution in [-0.4, -0.2) is 49.7 Å². The van der Waals surface area contributed by atoms with Gasteiger partial charge in [-0.25, -0.2) is 9.78 Å². The number of nitrogens with one attached hydrogen (secondary N) is 1. The number of pyridine rings is 1. The number of ether oxygens (including phenoxy) is 2. The molecule has 1 saturated heterocycles. The van der Waals surface area contributed by atoms with Gasteiger partial charge in [0.05, 0.1) is 18.3 Å². The molecule has 1 aliphatic carbocycles. The number of alkyl carbamates (subject to hydrolysis) is 1. The van der Waals surface area contributed by atoms with Crippen LogP contribution >= 0.6 is 11.6 Å². The first-order valence-electron chi connectivity index (χ1n) is 12.9. The molecule has 0 unspecified atom stereocenters. The zero-order valence-corrected chi connectivity index (χ0v) is 23.5. The molecule has 1 aliphatic heterocycles. The fourth-order valence-corrected chi connectivity index (χ4v) is 5.16. The molecule has 2 heterocycles. The van der Waals surface area contributed by atoms with Crippen LogP contribution in [0.15, 0.2) is 66.3 Å². The van der Waals surface area contributed by atoms with Crippen molar-refractivity contribution in [2.24, 2.45) is 0 Å². The first kappa shape index (κ1) is 27.2. The summed E-state index contributed by atoms with van der Waals surface area (Å²) in [5, 5.41) is 3.25. The Morgan fingerprint density at radius 2 is 1.64 bits per heavy atom. The summed E-state index contributed by atoms with van der Waals surface area (Å²) in [5.41, 5.74) is 5.01. The van der Waals surface area contributed by atoms with Crippen LogP contribution in [0, 0.1) is 0 Å². The van der Waals surface area contributed by atoms with Crippen molar-refractivity contribution < 1.29 is 23.6 Å².